The Kier molecular flexibility index (Phi) is 10.8. The standard InChI is InChI=1S/C25H43FN4O19/c1-7-9(2)28(6)8-27-19(37,12-10(3)14(32)13(26)16(34)15(12)33)21(40,41)17(20(38,39)18(5,35)36)30-24(46,47)22(42,43)29(11(4)31)23(44,45)25(30,48)49/h9,17,27,32-49H,7-8H2,1-6H3. The molecule has 3 unspecified atom stereocenters. The van der Waals surface area contributed by atoms with E-state index >= 15 is 0 Å². The summed E-state index contributed by atoms with van der Waals surface area (Å²) in [6.45, 7) is 3.17. The summed E-state index contributed by atoms with van der Waals surface area (Å²) in [4.78, 5) is 10.5. The zero-order valence-electron chi connectivity index (χ0n) is 26.7. The highest BCUT2D eigenvalue weighted by Gasteiger charge is 2.84. The molecule has 0 radical (unpaired) electrons. The van der Waals surface area contributed by atoms with Crippen LogP contribution in [-0.4, -0.2) is 179 Å². The van der Waals surface area contributed by atoms with E-state index in [9.17, 15) is 101 Å². The number of carbonyl (C=O) groups excluding carboxylic acids is 1. The van der Waals surface area contributed by atoms with Crippen LogP contribution in [0, 0.1) is 12.7 Å². The van der Waals surface area contributed by atoms with Crippen molar-refractivity contribution in [2.24, 2.45) is 0 Å². The summed E-state index contributed by atoms with van der Waals surface area (Å²) in [7, 11) is 1.29. The molecule has 0 saturated carbocycles. The number of benzene rings is 1. The first kappa shape index (κ1) is 42.5. The number of phenolic OH excluding ortho intramolecular Hbond substituents is 3. The third-order valence-electron chi connectivity index (χ3n) is 8.66. The molecule has 24 heteroatoms. The number of aromatic hydroxyl groups is 3. The molecule has 23 nitrogen and oxygen atoms in total. The highest BCUT2D eigenvalue weighted by atomic mass is 19.1. The van der Waals surface area contributed by atoms with Crippen LogP contribution in [0.5, 0.6) is 17.2 Å². The third-order valence-corrected chi connectivity index (χ3v) is 8.66. The lowest BCUT2D eigenvalue weighted by Gasteiger charge is -2.65. The first-order valence-electron chi connectivity index (χ1n) is 13.9. The van der Waals surface area contributed by atoms with Crippen LogP contribution in [0.15, 0.2) is 0 Å². The van der Waals surface area contributed by atoms with Crippen molar-refractivity contribution in [1.29, 1.82) is 0 Å². The Balaban J connectivity index is 3.29. The van der Waals surface area contributed by atoms with Gasteiger partial charge in [-0.3, -0.25) is 15.0 Å². The Labute approximate surface area is 275 Å². The van der Waals surface area contributed by atoms with E-state index in [1.54, 1.807) is 13.8 Å². The van der Waals surface area contributed by atoms with Gasteiger partial charge in [-0.2, -0.15) is 9.29 Å². The molecule has 1 aromatic carbocycles. The van der Waals surface area contributed by atoms with Gasteiger partial charge in [0, 0.05) is 18.5 Å². The largest absolute Gasteiger partial charge is 0.505 e. The van der Waals surface area contributed by atoms with Gasteiger partial charge < -0.3 is 91.9 Å². The Hall–Kier alpha value is -2.70. The fourth-order valence-electron chi connectivity index (χ4n) is 5.30. The molecule has 1 heterocycles. The van der Waals surface area contributed by atoms with E-state index in [1.807, 2.05) is 5.32 Å². The van der Waals surface area contributed by atoms with Gasteiger partial charge in [0.25, 0.3) is 0 Å². The van der Waals surface area contributed by atoms with Gasteiger partial charge >= 0.3 is 23.6 Å². The van der Waals surface area contributed by atoms with E-state index in [2.05, 4.69) is 0 Å². The average molecular weight is 723 g/mol. The summed E-state index contributed by atoms with van der Waals surface area (Å²) >= 11 is 0. The lowest BCUT2D eigenvalue weighted by Crippen LogP contribution is -2.95. The molecule has 49 heavy (non-hydrogen) atoms. The molecular formula is C25H43FN4O19. The number of hydrogen-bond acceptors (Lipinski definition) is 22. The fourth-order valence-corrected chi connectivity index (χ4v) is 5.30. The van der Waals surface area contributed by atoms with Gasteiger partial charge in [-0.1, -0.05) is 6.92 Å². The molecule has 1 saturated heterocycles. The number of amides is 1. The van der Waals surface area contributed by atoms with Gasteiger partial charge in [0.05, 0.1) is 12.2 Å². The normalized spacial score (nSPS) is 22.1. The molecule has 0 spiro atoms. The van der Waals surface area contributed by atoms with Crippen molar-refractivity contribution < 1.29 is 101 Å². The van der Waals surface area contributed by atoms with Crippen LogP contribution in [0.2, 0.25) is 0 Å². The maximum atomic E-state index is 14.5. The van der Waals surface area contributed by atoms with Crippen molar-refractivity contribution >= 4 is 5.91 Å². The molecule has 1 aliphatic rings. The molecule has 0 aromatic heterocycles. The molecule has 1 fully saturated rings. The lowest BCUT2D eigenvalue weighted by molar-refractivity contribution is -0.619. The van der Waals surface area contributed by atoms with Crippen molar-refractivity contribution in [3.63, 3.8) is 0 Å². The minimum Gasteiger partial charge on any atom is -0.505 e. The molecule has 19 N–H and O–H groups in total. The van der Waals surface area contributed by atoms with E-state index in [1.165, 1.54) is 11.9 Å². The lowest BCUT2D eigenvalue weighted by atomic mass is 9.78. The van der Waals surface area contributed by atoms with Crippen LogP contribution in [0.4, 0.5) is 4.39 Å². The smallest absolute Gasteiger partial charge is 0.326 e. The maximum absolute atomic E-state index is 14.5. The van der Waals surface area contributed by atoms with E-state index in [4.69, 9.17) is 0 Å². The second-order valence-electron chi connectivity index (χ2n) is 12.1. The number of hydrogen-bond donors (Lipinski definition) is 19. The van der Waals surface area contributed by atoms with Crippen LogP contribution < -0.4 is 5.32 Å². The highest BCUT2D eigenvalue weighted by Crippen LogP contribution is 2.54. The summed E-state index contributed by atoms with van der Waals surface area (Å²) < 4.78 is 14.5. The zero-order chi connectivity index (χ0) is 39.0. The van der Waals surface area contributed by atoms with Crippen molar-refractivity contribution in [1.82, 2.24) is 20.0 Å². The van der Waals surface area contributed by atoms with Crippen molar-refractivity contribution in [2.45, 2.75) is 99.9 Å². The topological polar surface area (TPSA) is 403 Å². The zero-order valence-corrected chi connectivity index (χ0v) is 26.7. The predicted molar refractivity (Wildman–Crippen MR) is 150 cm³/mol. The van der Waals surface area contributed by atoms with Crippen LogP contribution in [-0.2, 0) is 10.5 Å². The van der Waals surface area contributed by atoms with E-state index in [0.29, 0.717) is 13.3 Å². The number of phenols is 3. The minimum atomic E-state index is -5.29. The van der Waals surface area contributed by atoms with Crippen molar-refractivity contribution in [3.8, 4) is 17.2 Å². The molecule has 284 valence electrons. The predicted octanol–water partition coefficient (Wildman–Crippen LogP) is -8.18. The number of rotatable bonds is 11. The Morgan fingerprint density at radius 3 is 1.63 bits per heavy atom. The van der Waals surface area contributed by atoms with E-state index in [0.717, 1.165) is 0 Å². The number of piperazine rings is 1. The summed E-state index contributed by atoms with van der Waals surface area (Å²) in [6.07, 6.45) is 0.328. The third kappa shape index (κ3) is 5.97. The monoisotopic (exact) mass is 722 g/mol. The second kappa shape index (κ2) is 12.5. The van der Waals surface area contributed by atoms with Crippen LogP contribution in [0.1, 0.15) is 45.2 Å². The second-order valence-corrected chi connectivity index (χ2v) is 12.1. The summed E-state index contributed by atoms with van der Waals surface area (Å²) in [5.41, 5.74) is -7.17. The summed E-state index contributed by atoms with van der Waals surface area (Å²) in [6, 6.07) is -4.97. The molecule has 1 aromatic rings. The maximum Gasteiger partial charge on any atom is 0.326 e. The van der Waals surface area contributed by atoms with Gasteiger partial charge in [-0.15, -0.1) is 0 Å². The van der Waals surface area contributed by atoms with Crippen molar-refractivity contribution in [3.05, 3.63) is 16.9 Å². The Bertz CT molecular complexity index is 1370. The summed E-state index contributed by atoms with van der Waals surface area (Å²) in [5.74, 6) is -44.8. The van der Waals surface area contributed by atoms with Crippen LogP contribution in [0.25, 0.3) is 0 Å². The van der Waals surface area contributed by atoms with E-state index in [-0.39, 0.29) is 13.8 Å². The van der Waals surface area contributed by atoms with Gasteiger partial charge in [0.1, 0.15) is 6.04 Å². The number of nitrogens with zero attached hydrogens (tertiary/aromatic N) is 3. The molecule has 0 aliphatic carbocycles. The van der Waals surface area contributed by atoms with Gasteiger partial charge in [-0.25, -0.2) is 4.90 Å². The van der Waals surface area contributed by atoms with Gasteiger partial charge in [-0.05, 0) is 34.2 Å². The minimum absolute atomic E-state index is 0.0213. The van der Waals surface area contributed by atoms with Gasteiger partial charge in [0.2, 0.25) is 34.8 Å². The molecule has 0 bridgehead atoms. The SMILES string of the molecule is CCC(C)N(C)CNC(O)(c1c(C)c(O)c(F)c(O)c1O)C(O)(O)C(N1C(O)(O)C(O)(O)N(C(C)=O)C(O)(O)C1(O)O)C(O)(O)C(C)(O)O. The molecule has 1 amide bonds. The van der Waals surface area contributed by atoms with Crippen LogP contribution in [0.3, 0.4) is 0 Å². The number of nitrogens with one attached hydrogen (secondary N) is 1. The number of aliphatic hydroxyl groups is 15. The molecular weight excluding hydrogens is 679 g/mol. The Morgan fingerprint density at radius 2 is 1.27 bits per heavy atom. The average Bonchev–Trinajstić information content (AvgIpc) is 2.93. The number of halogens is 1. The molecule has 2 rings (SSSR count). The Morgan fingerprint density at radius 1 is 0.837 bits per heavy atom. The van der Waals surface area contributed by atoms with E-state index < -0.39 is 115 Å². The van der Waals surface area contributed by atoms with Crippen molar-refractivity contribution in [2.75, 3.05) is 13.7 Å². The highest BCUT2D eigenvalue weighted by molar-refractivity contribution is 5.74. The van der Waals surface area contributed by atoms with Crippen LogP contribution >= 0.6 is 0 Å². The van der Waals surface area contributed by atoms with Gasteiger partial charge in [0.15, 0.2) is 17.2 Å². The first-order valence-corrected chi connectivity index (χ1v) is 13.9. The fraction of sp³-hybridized carbons (Fsp3) is 0.720. The molecule has 3 atom stereocenters. The first-order chi connectivity index (χ1) is 21.6. The molecule has 1 aliphatic heterocycles. The summed E-state index contributed by atoms with van der Waals surface area (Å²) in [5, 5.41) is 198. The quantitative estimate of drug-likeness (QED) is 0.0572. The number of carbonyl (C=O) groups is 1.